The van der Waals surface area contributed by atoms with Crippen LogP contribution in [-0.4, -0.2) is 50.7 Å². The molecule has 0 aliphatic rings. The Morgan fingerprint density at radius 1 is 1.14 bits per heavy atom. The topological polar surface area (TPSA) is 38.3 Å². The molecule has 4 nitrogen and oxygen atoms in total. The van der Waals surface area contributed by atoms with E-state index in [4.69, 9.17) is 4.74 Å². The van der Waals surface area contributed by atoms with Gasteiger partial charge in [0.05, 0.1) is 27.2 Å². The number of carbonyl (C=O) groups is 1. The lowest BCUT2D eigenvalue weighted by molar-refractivity contribution is -0.882. The van der Waals surface area contributed by atoms with Crippen molar-refractivity contribution >= 4 is 5.91 Å². The zero-order chi connectivity index (χ0) is 20.3. The Hall–Kier alpha value is -1.07. The normalized spacial score (nSPS) is 11.2. The van der Waals surface area contributed by atoms with Gasteiger partial charge in [0.15, 0.2) is 6.54 Å². The Kier molecular flexibility index (Phi) is 13.5. The average molecular weight is 457 g/mol. The van der Waals surface area contributed by atoms with Crippen LogP contribution in [0.3, 0.4) is 0 Å². The molecule has 1 aromatic rings. The van der Waals surface area contributed by atoms with Gasteiger partial charge in [0, 0.05) is 6.54 Å². The molecule has 1 amide bonds. The van der Waals surface area contributed by atoms with Gasteiger partial charge < -0.3 is 31.5 Å². The van der Waals surface area contributed by atoms with E-state index < -0.39 is 0 Å². The molecule has 0 radical (unpaired) electrons. The summed E-state index contributed by atoms with van der Waals surface area (Å²) in [6.07, 6.45) is 5.49. The molecule has 0 spiro atoms. The quantitative estimate of drug-likeness (QED) is 0.362. The molecule has 0 saturated carbocycles. The number of hydrogen-bond acceptors (Lipinski definition) is 2. The second kappa shape index (κ2) is 14.0. The number of nitrogens with one attached hydrogen (secondary N) is 1. The molecule has 0 unspecified atom stereocenters. The van der Waals surface area contributed by atoms with E-state index in [0.29, 0.717) is 12.5 Å². The van der Waals surface area contributed by atoms with E-state index in [1.165, 1.54) is 24.0 Å². The smallest absolute Gasteiger partial charge is 0.275 e. The molecule has 0 heterocycles. The number of quaternary nitrogens is 1. The Labute approximate surface area is 183 Å². The molecular formula is C23H41BrN2O2. The highest BCUT2D eigenvalue weighted by atomic mass is 79.9. The van der Waals surface area contributed by atoms with Crippen molar-refractivity contribution in [2.75, 3.05) is 40.3 Å². The molecule has 5 heteroatoms. The third-order valence-electron chi connectivity index (χ3n) is 4.97. The second-order valence-electron chi connectivity index (χ2n) is 8.61. The van der Waals surface area contributed by atoms with E-state index in [-0.39, 0.29) is 22.9 Å². The maximum atomic E-state index is 12.1. The van der Waals surface area contributed by atoms with Crippen LogP contribution >= 0.6 is 0 Å². The first-order chi connectivity index (χ1) is 12.7. The number of rotatable bonds is 13. The lowest BCUT2D eigenvalue weighted by Crippen LogP contribution is -3.00. The van der Waals surface area contributed by atoms with Crippen molar-refractivity contribution in [2.24, 2.45) is 0 Å². The number of aryl methyl sites for hydroxylation is 1. The predicted octanol–water partition coefficient (Wildman–Crippen LogP) is 1.66. The van der Waals surface area contributed by atoms with Crippen molar-refractivity contribution in [3.05, 3.63) is 29.3 Å². The fraction of sp³-hybridized carbons (Fsp3) is 0.696. The summed E-state index contributed by atoms with van der Waals surface area (Å²) >= 11 is 0. The minimum Gasteiger partial charge on any atom is -1.00 e. The number of amides is 1. The van der Waals surface area contributed by atoms with Crippen molar-refractivity contribution in [3.8, 4) is 5.75 Å². The fourth-order valence-corrected chi connectivity index (χ4v) is 3.08. The summed E-state index contributed by atoms with van der Waals surface area (Å²) in [5.41, 5.74) is 2.51. The molecule has 1 N–H and O–H groups in total. The van der Waals surface area contributed by atoms with Gasteiger partial charge in [-0.3, -0.25) is 4.79 Å². The highest BCUT2D eigenvalue weighted by Crippen LogP contribution is 2.24. The van der Waals surface area contributed by atoms with Gasteiger partial charge >= 0.3 is 0 Å². The zero-order valence-electron chi connectivity index (χ0n) is 18.8. The molecule has 1 rings (SSSR count). The van der Waals surface area contributed by atoms with Crippen LogP contribution < -0.4 is 27.0 Å². The standard InChI is InChI=1S/C23H40N2O2.BrH/c1-7-8-9-14-24-23(26)18-25(5,6)15-10-11-16-27-22-17-21(19(2)3)13-12-20(22)4;/h12-13,17,19H,7-11,14-16,18H2,1-6H3;1H. The van der Waals surface area contributed by atoms with Gasteiger partial charge in [-0.25, -0.2) is 0 Å². The highest BCUT2D eigenvalue weighted by Gasteiger charge is 2.19. The average Bonchev–Trinajstić information content (AvgIpc) is 2.59. The summed E-state index contributed by atoms with van der Waals surface area (Å²) in [5.74, 6) is 1.68. The number of likely N-dealkylation sites (N-methyl/N-ethyl adjacent to an activating group) is 1. The van der Waals surface area contributed by atoms with Crippen LogP contribution in [0.4, 0.5) is 0 Å². The van der Waals surface area contributed by atoms with E-state index >= 15 is 0 Å². The van der Waals surface area contributed by atoms with Gasteiger partial charge in [-0.05, 0) is 49.3 Å². The molecule has 0 aliphatic carbocycles. The van der Waals surface area contributed by atoms with E-state index in [1.807, 2.05) is 0 Å². The van der Waals surface area contributed by atoms with Crippen LogP contribution in [0.25, 0.3) is 0 Å². The number of carbonyl (C=O) groups excluding carboxylic acids is 1. The molecular weight excluding hydrogens is 416 g/mol. The summed E-state index contributed by atoms with van der Waals surface area (Å²) in [4.78, 5) is 12.1. The molecule has 28 heavy (non-hydrogen) atoms. The zero-order valence-corrected chi connectivity index (χ0v) is 20.4. The SMILES string of the molecule is CCCCCNC(=O)C[N+](C)(C)CCCCOc1cc(C(C)C)ccc1C.[Br-]. The number of halogens is 1. The Morgan fingerprint density at radius 2 is 1.86 bits per heavy atom. The number of nitrogens with zero attached hydrogens (tertiary/aromatic N) is 1. The van der Waals surface area contributed by atoms with Gasteiger partial charge in [-0.1, -0.05) is 45.7 Å². The van der Waals surface area contributed by atoms with Gasteiger partial charge in [0.2, 0.25) is 0 Å². The van der Waals surface area contributed by atoms with E-state index in [9.17, 15) is 4.79 Å². The fourth-order valence-electron chi connectivity index (χ4n) is 3.08. The first-order valence-corrected chi connectivity index (χ1v) is 10.6. The third kappa shape index (κ3) is 11.1. The van der Waals surface area contributed by atoms with Gasteiger partial charge in [-0.2, -0.15) is 0 Å². The van der Waals surface area contributed by atoms with Gasteiger partial charge in [0.25, 0.3) is 5.91 Å². The lowest BCUT2D eigenvalue weighted by Gasteiger charge is -2.29. The molecule has 1 aromatic carbocycles. The van der Waals surface area contributed by atoms with Crippen molar-refractivity contribution in [2.45, 2.75) is 65.7 Å². The van der Waals surface area contributed by atoms with Crippen LogP contribution in [0.5, 0.6) is 5.75 Å². The van der Waals surface area contributed by atoms with Gasteiger partial charge in [0.1, 0.15) is 5.75 Å². The van der Waals surface area contributed by atoms with E-state index in [0.717, 1.165) is 49.2 Å². The van der Waals surface area contributed by atoms with Crippen LogP contribution in [0.2, 0.25) is 0 Å². The molecule has 162 valence electrons. The Morgan fingerprint density at radius 3 is 2.50 bits per heavy atom. The second-order valence-corrected chi connectivity index (χ2v) is 8.61. The molecule has 0 aliphatic heterocycles. The Balaban J connectivity index is 0.00000729. The van der Waals surface area contributed by atoms with Crippen LogP contribution in [0.15, 0.2) is 18.2 Å². The largest absolute Gasteiger partial charge is 1.00 e. The Bertz CT molecular complexity index is 574. The summed E-state index contributed by atoms with van der Waals surface area (Å²) < 4.78 is 6.74. The maximum absolute atomic E-state index is 12.1. The number of unbranched alkanes of at least 4 members (excludes halogenated alkanes) is 3. The van der Waals surface area contributed by atoms with E-state index in [1.54, 1.807) is 0 Å². The van der Waals surface area contributed by atoms with Crippen molar-refractivity contribution in [3.63, 3.8) is 0 Å². The number of hydrogen-bond donors (Lipinski definition) is 1. The van der Waals surface area contributed by atoms with Crippen molar-refractivity contribution in [1.82, 2.24) is 5.32 Å². The molecule has 0 saturated heterocycles. The van der Waals surface area contributed by atoms with E-state index in [2.05, 4.69) is 65.3 Å². The maximum Gasteiger partial charge on any atom is 0.275 e. The summed E-state index contributed by atoms with van der Waals surface area (Å²) in [5, 5.41) is 3.04. The number of ether oxygens (including phenoxy) is 1. The third-order valence-corrected chi connectivity index (χ3v) is 4.97. The summed E-state index contributed by atoms with van der Waals surface area (Å²) in [6, 6.07) is 6.49. The minimum absolute atomic E-state index is 0. The van der Waals surface area contributed by atoms with Crippen molar-refractivity contribution < 1.29 is 31.0 Å². The number of benzene rings is 1. The molecule has 0 atom stereocenters. The summed E-state index contributed by atoms with van der Waals surface area (Å²) in [7, 11) is 4.26. The molecule has 0 aromatic heterocycles. The first kappa shape index (κ1) is 26.9. The lowest BCUT2D eigenvalue weighted by atomic mass is 10.0. The predicted molar refractivity (Wildman–Crippen MR) is 114 cm³/mol. The summed E-state index contributed by atoms with van der Waals surface area (Å²) in [6.45, 7) is 11.7. The highest BCUT2D eigenvalue weighted by molar-refractivity contribution is 5.76. The minimum atomic E-state index is 0. The van der Waals surface area contributed by atoms with Crippen LogP contribution in [0, 0.1) is 6.92 Å². The first-order valence-electron chi connectivity index (χ1n) is 10.6. The molecule has 0 bridgehead atoms. The van der Waals surface area contributed by atoms with Gasteiger partial charge in [-0.15, -0.1) is 0 Å². The monoisotopic (exact) mass is 456 g/mol. The molecule has 0 fully saturated rings. The van der Waals surface area contributed by atoms with Crippen molar-refractivity contribution in [1.29, 1.82) is 0 Å². The van der Waals surface area contributed by atoms with Crippen LogP contribution in [-0.2, 0) is 4.79 Å². The van der Waals surface area contributed by atoms with Crippen LogP contribution in [0.1, 0.15) is 69.9 Å².